The van der Waals surface area contributed by atoms with Crippen molar-refractivity contribution in [2.75, 3.05) is 10.6 Å². The molecule has 0 bridgehead atoms. The Bertz CT molecular complexity index is 983. The van der Waals surface area contributed by atoms with E-state index in [1.54, 1.807) is 24.4 Å². The summed E-state index contributed by atoms with van der Waals surface area (Å²) in [5.41, 5.74) is 4.01. The number of para-hydroxylation sites is 2. The van der Waals surface area contributed by atoms with Crippen molar-refractivity contribution >= 4 is 34.2 Å². The number of carbonyl (C=O) groups excluding carboxylic acids is 2. The molecule has 0 spiro atoms. The largest absolute Gasteiger partial charge is 0.326 e. The van der Waals surface area contributed by atoms with Crippen LogP contribution in [0.1, 0.15) is 20.8 Å². The molecule has 138 valence electrons. The molecule has 3 rings (SSSR count). The molecule has 2 amide bonds. The summed E-state index contributed by atoms with van der Waals surface area (Å²) < 4.78 is 0. The number of hydrogen-bond acceptors (Lipinski definition) is 4. The van der Waals surface area contributed by atoms with Crippen LogP contribution in [0.3, 0.4) is 0 Å². The summed E-state index contributed by atoms with van der Waals surface area (Å²) in [6, 6.07) is 12.8. The van der Waals surface area contributed by atoms with Crippen molar-refractivity contribution in [3.8, 4) is 11.3 Å². The van der Waals surface area contributed by atoms with Gasteiger partial charge in [-0.3, -0.25) is 14.6 Å². The Balaban J connectivity index is 0.00000126. The SMILES string of the molecule is C=CC(=O)Nc1cc(NC(C)=O)cc(-c2cnc3ccccc3n2)c1.CC. The van der Waals surface area contributed by atoms with Crippen LogP contribution < -0.4 is 10.6 Å². The molecule has 2 N–H and O–H groups in total. The zero-order valence-electron chi connectivity index (χ0n) is 15.6. The minimum atomic E-state index is -0.337. The predicted molar refractivity (Wildman–Crippen MR) is 109 cm³/mol. The summed E-state index contributed by atoms with van der Waals surface area (Å²) in [4.78, 5) is 32.0. The quantitative estimate of drug-likeness (QED) is 0.674. The first-order chi connectivity index (χ1) is 13.0. The highest BCUT2D eigenvalue weighted by atomic mass is 16.2. The Morgan fingerprint density at radius 1 is 1.00 bits per heavy atom. The average Bonchev–Trinajstić information content (AvgIpc) is 2.68. The van der Waals surface area contributed by atoms with Crippen LogP contribution in [-0.2, 0) is 9.59 Å². The zero-order chi connectivity index (χ0) is 19.8. The first-order valence-electron chi connectivity index (χ1n) is 8.63. The number of rotatable bonds is 4. The molecule has 0 aliphatic rings. The van der Waals surface area contributed by atoms with Gasteiger partial charge < -0.3 is 10.6 Å². The second kappa shape index (κ2) is 9.24. The third-order valence-corrected chi connectivity index (χ3v) is 3.45. The van der Waals surface area contributed by atoms with E-state index in [-0.39, 0.29) is 11.8 Å². The number of aromatic nitrogens is 2. The fourth-order valence-electron chi connectivity index (χ4n) is 2.41. The molecule has 0 radical (unpaired) electrons. The second-order valence-electron chi connectivity index (χ2n) is 5.42. The van der Waals surface area contributed by atoms with Gasteiger partial charge in [0, 0.05) is 23.9 Å². The molecule has 2 aromatic carbocycles. The lowest BCUT2D eigenvalue weighted by molar-refractivity contribution is -0.114. The van der Waals surface area contributed by atoms with Crippen LogP contribution in [0.2, 0.25) is 0 Å². The van der Waals surface area contributed by atoms with Gasteiger partial charge in [0.1, 0.15) is 0 Å². The Kier molecular flexibility index (Phi) is 6.77. The summed E-state index contributed by atoms with van der Waals surface area (Å²) >= 11 is 0. The normalized spacial score (nSPS) is 9.74. The summed E-state index contributed by atoms with van der Waals surface area (Å²) in [5.74, 6) is -0.543. The molecule has 1 aromatic heterocycles. The van der Waals surface area contributed by atoms with Crippen molar-refractivity contribution in [3.63, 3.8) is 0 Å². The lowest BCUT2D eigenvalue weighted by atomic mass is 10.1. The fraction of sp³-hybridized carbons (Fsp3) is 0.143. The van der Waals surface area contributed by atoms with Crippen molar-refractivity contribution in [1.29, 1.82) is 0 Å². The molecule has 0 saturated heterocycles. The van der Waals surface area contributed by atoms with Gasteiger partial charge in [-0.2, -0.15) is 0 Å². The Morgan fingerprint density at radius 2 is 1.63 bits per heavy atom. The van der Waals surface area contributed by atoms with Crippen LogP contribution in [-0.4, -0.2) is 21.8 Å². The van der Waals surface area contributed by atoms with Crippen LogP contribution >= 0.6 is 0 Å². The number of anilines is 2. The first-order valence-corrected chi connectivity index (χ1v) is 8.63. The van der Waals surface area contributed by atoms with E-state index in [1.165, 1.54) is 13.0 Å². The number of nitrogens with zero attached hydrogens (tertiary/aromatic N) is 2. The van der Waals surface area contributed by atoms with Gasteiger partial charge in [-0.05, 0) is 36.4 Å². The second-order valence-corrected chi connectivity index (χ2v) is 5.42. The number of fused-ring (bicyclic) bond motifs is 1. The van der Waals surface area contributed by atoms with Crippen LogP contribution in [0.25, 0.3) is 22.3 Å². The van der Waals surface area contributed by atoms with E-state index in [0.29, 0.717) is 17.1 Å². The predicted octanol–water partition coefficient (Wildman–Crippen LogP) is 4.41. The van der Waals surface area contributed by atoms with E-state index in [4.69, 9.17) is 0 Å². The molecule has 0 saturated carbocycles. The van der Waals surface area contributed by atoms with Gasteiger partial charge in [-0.1, -0.05) is 32.6 Å². The Labute approximate surface area is 158 Å². The van der Waals surface area contributed by atoms with Gasteiger partial charge >= 0.3 is 0 Å². The van der Waals surface area contributed by atoms with Crippen molar-refractivity contribution in [2.24, 2.45) is 0 Å². The molecule has 0 unspecified atom stereocenters. The monoisotopic (exact) mass is 362 g/mol. The van der Waals surface area contributed by atoms with E-state index in [1.807, 2.05) is 38.1 Å². The Morgan fingerprint density at radius 3 is 2.26 bits per heavy atom. The number of amides is 2. The molecule has 3 aromatic rings. The summed E-state index contributed by atoms with van der Waals surface area (Å²) in [6.45, 7) is 8.86. The maximum atomic E-state index is 11.6. The van der Waals surface area contributed by atoms with E-state index < -0.39 is 0 Å². The van der Waals surface area contributed by atoms with Gasteiger partial charge in [0.25, 0.3) is 0 Å². The minimum absolute atomic E-state index is 0.206. The van der Waals surface area contributed by atoms with E-state index in [2.05, 4.69) is 27.2 Å². The lowest BCUT2D eigenvalue weighted by Crippen LogP contribution is -2.10. The minimum Gasteiger partial charge on any atom is -0.326 e. The van der Waals surface area contributed by atoms with Crippen molar-refractivity contribution in [2.45, 2.75) is 20.8 Å². The molecule has 6 heteroatoms. The zero-order valence-corrected chi connectivity index (χ0v) is 15.6. The topological polar surface area (TPSA) is 84.0 Å². The van der Waals surface area contributed by atoms with Crippen molar-refractivity contribution < 1.29 is 9.59 Å². The molecule has 6 nitrogen and oxygen atoms in total. The highest BCUT2D eigenvalue weighted by molar-refractivity contribution is 6.00. The highest BCUT2D eigenvalue weighted by Crippen LogP contribution is 2.27. The van der Waals surface area contributed by atoms with Gasteiger partial charge in [0.15, 0.2) is 0 Å². The van der Waals surface area contributed by atoms with Gasteiger partial charge in [0.2, 0.25) is 11.8 Å². The third-order valence-electron chi connectivity index (χ3n) is 3.45. The molecular weight excluding hydrogens is 340 g/mol. The molecule has 0 aliphatic carbocycles. The smallest absolute Gasteiger partial charge is 0.247 e. The number of hydrogen-bond donors (Lipinski definition) is 2. The van der Waals surface area contributed by atoms with Gasteiger partial charge in [0.05, 0.1) is 22.9 Å². The first kappa shape index (κ1) is 19.8. The lowest BCUT2D eigenvalue weighted by Gasteiger charge is -2.11. The summed E-state index contributed by atoms with van der Waals surface area (Å²) in [7, 11) is 0. The van der Waals surface area contributed by atoms with E-state index in [9.17, 15) is 9.59 Å². The summed E-state index contributed by atoms with van der Waals surface area (Å²) in [6.07, 6.45) is 2.84. The number of nitrogens with one attached hydrogen (secondary N) is 2. The van der Waals surface area contributed by atoms with Gasteiger partial charge in [-0.25, -0.2) is 4.98 Å². The van der Waals surface area contributed by atoms with E-state index >= 15 is 0 Å². The molecule has 1 heterocycles. The summed E-state index contributed by atoms with van der Waals surface area (Å²) in [5, 5.41) is 5.42. The van der Waals surface area contributed by atoms with Crippen LogP contribution in [0.15, 0.2) is 61.3 Å². The molecular formula is C21H22N4O2. The highest BCUT2D eigenvalue weighted by Gasteiger charge is 2.08. The van der Waals surface area contributed by atoms with Crippen molar-refractivity contribution in [3.05, 3.63) is 61.3 Å². The van der Waals surface area contributed by atoms with Crippen molar-refractivity contribution in [1.82, 2.24) is 9.97 Å². The molecule has 27 heavy (non-hydrogen) atoms. The van der Waals surface area contributed by atoms with E-state index in [0.717, 1.165) is 16.6 Å². The third kappa shape index (κ3) is 5.22. The maximum Gasteiger partial charge on any atom is 0.247 e. The average molecular weight is 362 g/mol. The van der Waals surface area contributed by atoms with Crippen LogP contribution in [0, 0.1) is 0 Å². The van der Waals surface area contributed by atoms with Gasteiger partial charge in [-0.15, -0.1) is 0 Å². The van der Waals surface area contributed by atoms with Crippen LogP contribution in [0.5, 0.6) is 0 Å². The fourth-order valence-corrected chi connectivity index (χ4v) is 2.41. The maximum absolute atomic E-state index is 11.6. The standard InChI is InChI=1S/C19H16N4O2.C2H6/c1-3-19(25)22-15-9-13(8-14(10-15)21-12(2)24)18-11-20-16-6-4-5-7-17(16)23-18;1-2/h3-11H,1H2,2H3,(H,21,24)(H,22,25);1-2H3. The molecule has 0 aliphatic heterocycles. The number of carbonyl (C=O) groups is 2. The molecule has 0 atom stereocenters. The number of benzene rings is 2. The van der Waals surface area contributed by atoms with Crippen LogP contribution in [0.4, 0.5) is 11.4 Å². The Hall–Kier alpha value is -3.54. The molecule has 0 fully saturated rings.